The van der Waals surface area contributed by atoms with Crippen molar-refractivity contribution in [3.63, 3.8) is 0 Å². The van der Waals surface area contributed by atoms with Crippen LogP contribution in [0, 0.1) is 0 Å². The highest BCUT2D eigenvalue weighted by molar-refractivity contribution is 5.76. The highest BCUT2D eigenvalue weighted by Crippen LogP contribution is 2.33. The summed E-state index contributed by atoms with van der Waals surface area (Å²) in [5, 5.41) is 120. The first-order chi connectivity index (χ1) is 42.3. The van der Waals surface area contributed by atoms with Gasteiger partial charge in [-0.15, -0.1) is 0 Å². The molecule has 19 heteroatoms. The molecule has 12 N–H and O–H groups in total. The Bertz CT molecular complexity index is 1770. The Hall–Kier alpha value is -2.25. The van der Waals surface area contributed by atoms with E-state index in [0.717, 1.165) is 57.8 Å². The summed E-state index contributed by atoms with van der Waals surface area (Å²) in [6.07, 6.45) is 32.3. The van der Waals surface area contributed by atoms with Gasteiger partial charge in [-0.05, 0) is 70.6 Å². The van der Waals surface area contributed by atoms with Crippen molar-refractivity contribution in [3.8, 4) is 0 Å². The molecule has 0 saturated carbocycles. The fraction of sp³-hybridized carbons (Fsp3) is 0.868. The first kappa shape index (κ1) is 79.0. The second-order valence-electron chi connectivity index (χ2n) is 24.6. The van der Waals surface area contributed by atoms with Crippen LogP contribution in [0.4, 0.5) is 0 Å². The minimum atomic E-state index is -1.98. The predicted octanol–water partition coefficient (Wildman–Crippen LogP) is 8.61. The van der Waals surface area contributed by atoms with Crippen LogP contribution in [-0.2, 0) is 33.2 Å². The van der Waals surface area contributed by atoms with Crippen molar-refractivity contribution < 1.29 is 89.4 Å². The predicted molar refractivity (Wildman–Crippen MR) is 337 cm³/mol. The smallest absolute Gasteiger partial charge is 0.220 e. The molecule has 3 aliphatic heterocycles. The summed E-state index contributed by atoms with van der Waals surface area (Å²) in [6.45, 7) is 1.71. The van der Waals surface area contributed by atoms with Gasteiger partial charge >= 0.3 is 0 Å². The minimum absolute atomic E-state index is 0.227. The molecular weight excluding hydrogens is 1120 g/mol. The summed E-state index contributed by atoms with van der Waals surface area (Å²) in [6, 6.07) is -0.999. The first-order valence-corrected chi connectivity index (χ1v) is 34.4. The van der Waals surface area contributed by atoms with E-state index in [-0.39, 0.29) is 18.9 Å². The van der Waals surface area contributed by atoms with E-state index in [2.05, 4.69) is 55.6 Å². The van der Waals surface area contributed by atoms with Gasteiger partial charge in [0, 0.05) is 6.42 Å². The van der Waals surface area contributed by atoms with Gasteiger partial charge in [-0.3, -0.25) is 4.79 Å². The quantitative estimate of drug-likeness (QED) is 0.0200. The van der Waals surface area contributed by atoms with E-state index < -0.39 is 124 Å². The van der Waals surface area contributed by atoms with Crippen molar-refractivity contribution in [2.75, 3.05) is 26.4 Å². The average Bonchev–Trinajstić information content (AvgIpc) is 2.36. The fourth-order valence-corrected chi connectivity index (χ4v) is 11.5. The Morgan fingerprint density at radius 1 is 0.402 bits per heavy atom. The van der Waals surface area contributed by atoms with Crippen molar-refractivity contribution in [1.82, 2.24) is 5.32 Å². The summed E-state index contributed by atoms with van der Waals surface area (Å²) in [7, 11) is 0. The van der Waals surface area contributed by atoms with E-state index in [1.54, 1.807) is 6.08 Å². The lowest BCUT2D eigenvalue weighted by atomic mass is 9.96. The van der Waals surface area contributed by atoms with Gasteiger partial charge in [0.05, 0.1) is 38.6 Å². The molecule has 17 unspecified atom stereocenters. The maximum absolute atomic E-state index is 13.4. The van der Waals surface area contributed by atoms with Crippen LogP contribution < -0.4 is 5.32 Å². The fourth-order valence-electron chi connectivity index (χ4n) is 11.5. The Kier molecular flexibility index (Phi) is 45.7. The number of carbonyl (C=O) groups is 1. The van der Waals surface area contributed by atoms with Crippen LogP contribution in [0.25, 0.3) is 0 Å². The molecule has 3 fully saturated rings. The second kappa shape index (κ2) is 50.3. The molecule has 3 aliphatic rings. The van der Waals surface area contributed by atoms with Crippen LogP contribution in [0.3, 0.4) is 0 Å². The molecule has 3 heterocycles. The molecule has 508 valence electrons. The van der Waals surface area contributed by atoms with Gasteiger partial charge < -0.3 is 89.9 Å². The molecule has 0 aromatic carbocycles. The largest absolute Gasteiger partial charge is 0.394 e. The van der Waals surface area contributed by atoms with Gasteiger partial charge in [0.2, 0.25) is 5.91 Å². The normalized spacial score (nSPS) is 28.9. The molecule has 0 radical (unpaired) electrons. The molecule has 3 saturated heterocycles. The number of unbranched alkanes of at least 4 members (excludes halogenated alkanes) is 30. The van der Waals surface area contributed by atoms with Gasteiger partial charge in [-0.25, -0.2) is 0 Å². The molecule has 17 atom stereocenters. The molecule has 0 bridgehead atoms. The van der Waals surface area contributed by atoms with Gasteiger partial charge in [-0.2, -0.15) is 0 Å². The second-order valence-corrected chi connectivity index (χ2v) is 24.6. The third-order valence-electron chi connectivity index (χ3n) is 17.1. The van der Waals surface area contributed by atoms with Crippen molar-refractivity contribution in [1.29, 1.82) is 0 Å². The van der Waals surface area contributed by atoms with E-state index in [4.69, 9.17) is 28.4 Å². The van der Waals surface area contributed by atoms with Crippen molar-refractivity contribution in [2.45, 2.75) is 349 Å². The molecule has 0 aromatic heterocycles. The lowest BCUT2D eigenvalue weighted by Crippen LogP contribution is -2.66. The highest BCUT2D eigenvalue weighted by Gasteiger charge is 2.53. The van der Waals surface area contributed by atoms with E-state index >= 15 is 0 Å². The molecule has 0 aliphatic carbocycles. The zero-order valence-electron chi connectivity index (χ0n) is 53.5. The SMILES string of the molecule is CCCCCCCCC/C=C\CCCCCCCCCC(=O)NC(COC1OC(CO)C(OC2OC(CO)C(OC3OC(CO)C(O)C(O)C3O)C(O)C2O)C(O)C1O)C(O)/C=C/CC/C=C/CC/C=C/CCCCCCCCCCCCCCCC. The Labute approximate surface area is 523 Å². The number of aliphatic hydroxyl groups excluding tert-OH is 11. The third-order valence-corrected chi connectivity index (χ3v) is 17.1. The summed E-state index contributed by atoms with van der Waals surface area (Å²) in [4.78, 5) is 13.4. The molecular formula is C68H123NO18. The van der Waals surface area contributed by atoms with Crippen LogP contribution in [0.2, 0.25) is 0 Å². The van der Waals surface area contributed by atoms with E-state index in [1.807, 2.05) is 6.08 Å². The summed E-state index contributed by atoms with van der Waals surface area (Å²) in [5.41, 5.74) is 0. The average molecular weight is 1240 g/mol. The monoisotopic (exact) mass is 1240 g/mol. The number of hydrogen-bond donors (Lipinski definition) is 12. The standard InChI is InChI=1S/C68H123NO18/c1-3-5-7-9-11-13-15-17-19-21-23-24-25-26-27-28-29-31-33-35-37-39-41-43-45-52(73)51(69-56(74)46-44-42-40-38-36-34-32-30-22-20-18-16-14-12-10-8-6-4-2)50-82-66-62(80)59(77)64(54(48-71)84-66)87-68-63(81)60(78)65(55(49-72)85-68)86-67-61(79)58(76)57(75)53(47-70)83-67/h20,22,28-29,35,37,43,45,51-55,57-68,70-73,75-81H,3-19,21,23-27,30-34,36,38-42,44,46-50H2,1-2H3,(H,69,74)/b22-20-,29-28+,37-35+,45-43+. The van der Waals surface area contributed by atoms with Gasteiger partial charge in [0.15, 0.2) is 18.9 Å². The van der Waals surface area contributed by atoms with E-state index in [9.17, 15) is 61.0 Å². The molecule has 0 spiro atoms. The molecule has 1 amide bonds. The zero-order chi connectivity index (χ0) is 63.3. The number of allylic oxidation sites excluding steroid dienone is 7. The van der Waals surface area contributed by atoms with Crippen molar-refractivity contribution in [2.24, 2.45) is 0 Å². The van der Waals surface area contributed by atoms with Crippen LogP contribution in [0.15, 0.2) is 48.6 Å². The lowest BCUT2D eigenvalue weighted by molar-refractivity contribution is -0.379. The maximum atomic E-state index is 13.4. The number of nitrogens with one attached hydrogen (secondary N) is 1. The van der Waals surface area contributed by atoms with Gasteiger partial charge in [0.1, 0.15) is 73.2 Å². The third kappa shape index (κ3) is 32.7. The highest BCUT2D eigenvalue weighted by atomic mass is 16.8. The van der Waals surface area contributed by atoms with Crippen LogP contribution in [0.1, 0.15) is 245 Å². The van der Waals surface area contributed by atoms with Gasteiger partial charge in [-0.1, -0.05) is 217 Å². The van der Waals surface area contributed by atoms with Crippen molar-refractivity contribution in [3.05, 3.63) is 48.6 Å². The number of hydrogen-bond acceptors (Lipinski definition) is 18. The minimum Gasteiger partial charge on any atom is -0.394 e. The summed E-state index contributed by atoms with van der Waals surface area (Å²) >= 11 is 0. The zero-order valence-corrected chi connectivity index (χ0v) is 53.5. The Balaban J connectivity index is 1.47. The summed E-state index contributed by atoms with van der Waals surface area (Å²) < 4.78 is 34.3. The summed E-state index contributed by atoms with van der Waals surface area (Å²) in [5.74, 6) is -0.294. The van der Waals surface area contributed by atoms with E-state index in [1.165, 1.54) is 154 Å². The number of carbonyl (C=O) groups excluding carboxylic acids is 1. The first-order valence-electron chi connectivity index (χ1n) is 34.4. The van der Waals surface area contributed by atoms with Crippen LogP contribution in [-0.4, -0.2) is 193 Å². The Morgan fingerprint density at radius 2 is 0.736 bits per heavy atom. The maximum Gasteiger partial charge on any atom is 0.220 e. The molecule has 19 nitrogen and oxygen atoms in total. The number of rotatable bonds is 52. The van der Waals surface area contributed by atoms with Crippen molar-refractivity contribution >= 4 is 5.91 Å². The van der Waals surface area contributed by atoms with Crippen LogP contribution >= 0.6 is 0 Å². The Morgan fingerprint density at radius 3 is 1.15 bits per heavy atom. The lowest BCUT2D eigenvalue weighted by Gasteiger charge is -2.48. The molecule has 87 heavy (non-hydrogen) atoms. The van der Waals surface area contributed by atoms with Gasteiger partial charge in [0.25, 0.3) is 0 Å². The van der Waals surface area contributed by atoms with E-state index in [0.29, 0.717) is 12.8 Å². The number of ether oxygens (including phenoxy) is 6. The topological polar surface area (TPSA) is 307 Å². The molecule has 0 aromatic rings. The number of amides is 1. The number of aliphatic hydroxyl groups is 11. The molecule has 3 rings (SSSR count). The van der Waals surface area contributed by atoms with Crippen LogP contribution in [0.5, 0.6) is 0 Å².